The van der Waals surface area contributed by atoms with Gasteiger partial charge in [0.1, 0.15) is 18.1 Å². The zero-order valence-corrected chi connectivity index (χ0v) is 48.4. The van der Waals surface area contributed by atoms with E-state index in [1.165, 1.54) is 28.8 Å². The van der Waals surface area contributed by atoms with E-state index in [2.05, 4.69) is 95.8 Å². The number of aromatic nitrogens is 2. The van der Waals surface area contributed by atoms with Gasteiger partial charge in [-0.1, -0.05) is 64.6 Å². The summed E-state index contributed by atoms with van der Waals surface area (Å²) in [6, 6.07) is 14.7. The number of ether oxygens (including phenoxy) is 3. The van der Waals surface area contributed by atoms with Crippen molar-refractivity contribution in [3.8, 4) is 22.4 Å². The van der Waals surface area contributed by atoms with Crippen molar-refractivity contribution in [3.05, 3.63) is 84.2 Å². The Bertz CT molecular complexity index is 2970. The Hall–Kier alpha value is -6.34. The third-order valence-electron chi connectivity index (χ3n) is 17.7. The lowest BCUT2D eigenvalue weighted by atomic mass is 9.84. The highest BCUT2D eigenvalue weighted by Crippen LogP contribution is 2.43. The van der Waals surface area contributed by atoms with Crippen molar-refractivity contribution in [2.24, 2.45) is 11.3 Å². The third kappa shape index (κ3) is 11.9. The van der Waals surface area contributed by atoms with Crippen LogP contribution in [0.25, 0.3) is 33.3 Å². The standard InChI is InChI=1S/C62H84N10O8/c1-10-53(73)70-30-31-80-62(38-70)21-24-69(25-22-62)60(77)66(8)55(40(3)4)57(74)64-51-33-42-14-12-15-43(32-42)44-17-20-52-47(34-44)49(36-61(6,7)39-79-59(76)50-16-13-23-72(65-50)58(51)75)56(71(52)11-2)48-35-46(37-63-54(48)41(5)78-9)68-28-26-67(27-29-68)45-18-19-45/h10,12,14-15,17,20,32,34-35,37,40-41,45,50-51,55,65H,1,11,13,16,18-19,21-31,33,36,38-39H2,2-9H3,(H,64,74)/t41-,50-,51-,55-/m0/s1. The first-order chi connectivity index (χ1) is 38.4. The number of fused-ring (bicyclic) bond motifs is 6. The van der Waals surface area contributed by atoms with Gasteiger partial charge in [-0.3, -0.25) is 34.1 Å². The second-order valence-electron chi connectivity index (χ2n) is 24.4. The number of urea groups is 1. The van der Waals surface area contributed by atoms with Gasteiger partial charge in [-0.25, -0.2) is 10.2 Å². The number of piperidine rings is 1. The number of piperazine rings is 1. The summed E-state index contributed by atoms with van der Waals surface area (Å²) >= 11 is 0. The van der Waals surface area contributed by atoms with Crippen LogP contribution in [-0.2, 0) is 52.8 Å². The van der Waals surface area contributed by atoms with Crippen molar-refractivity contribution >= 4 is 46.3 Å². The van der Waals surface area contributed by atoms with E-state index in [0.29, 0.717) is 78.0 Å². The average Bonchev–Trinajstić information content (AvgIpc) is 4.28. The lowest BCUT2D eigenvalue weighted by Crippen LogP contribution is -2.63. The number of methoxy groups -OCH3 is 1. The van der Waals surface area contributed by atoms with Crippen LogP contribution in [-0.4, -0.2) is 180 Å². The van der Waals surface area contributed by atoms with Crippen molar-refractivity contribution in [2.45, 2.75) is 135 Å². The molecule has 1 saturated carbocycles. The van der Waals surface area contributed by atoms with Gasteiger partial charge in [-0.2, -0.15) is 0 Å². The molecule has 5 fully saturated rings. The molecule has 80 heavy (non-hydrogen) atoms. The highest BCUT2D eigenvalue weighted by atomic mass is 16.5. The van der Waals surface area contributed by atoms with Gasteiger partial charge in [-0.05, 0) is 111 Å². The normalized spacial score (nSPS) is 22.7. The minimum Gasteiger partial charge on any atom is -0.464 e. The summed E-state index contributed by atoms with van der Waals surface area (Å²) in [4.78, 5) is 86.2. The number of amides is 5. The van der Waals surface area contributed by atoms with E-state index in [9.17, 15) is 24.0 Å². The van der Waals surface area contributed by atoms with Crippen molar-refractivity contribution in [1.29, 1.82) is 0 Å². The van der Waals surface area contributed by atoms with Gasteiger partial charge >= 0.3 is 12.0 Å². The molecule has 18 nitrogen and oxygen atoms in total. The quantitative estimate of drug-likeness (QED) is 0.117. The zero-order chi connectivity index (χ0) is 56.6. The third-order valence-corrected chi connectivity index (χ3v) is 17.7. The monoisotopic (exact) mass is 1100 g/mol. The van der Waals surface area contributed by atoms with Crippen LogP contribution in [0, 0.1) is 11.3 Å². The van der Waals surface area contributed by atoms with Gasteiger partial charge in [0.25, 0.3) is 5.91 Å². The van der Waals surface area contributed by atoms with Crippen molar-refractivity contribution in [3.63, 3.8) is 0 Å². The first-order valence-electron chi connectivity index (χ1n) is 29.3. The summed E-state index contributed by atoms with van der Waals surface area (Å²) in [6.45, 7) is 23.2. The number of rotatable bonds is 11. The fourth-order valence-corrected chi connectivity index (χ4v) is 13.1. The smallest absolute Gasteiger partial charge is 0.324 e. The Morgan fingerprint density at radius 2 is 1.70 bits per heavy atom. The number of nitrogens with zero attached hydrogens (tertiary/aromatic N) is 8. The van der Waals surface area contributed by atoms with E-state index < -0.39 is 46.9 Å². The number of carbonyl (C=O) groups is 5. The molecule has 5 aliphatic heterocycles. The fourth-order valence-electron chi connectivity index (χ4n) is 13.1. The molecule has 430 valence electrons. The number of cyclic esters (lactones) is 1. The van der Waals surface area contributed by atoms with E-state index >= 15 is 0 Å². The summed E-state index contributed by atoms with van der Waals surface area (Å²) in [5, 5.41) is 5.68. The van der Waals surface area contributed by atoms with Crippen LogP contribution in [0.4, 0.5) is 10.5 Å². The number of nitrogens with one attached hydrogen (secondary N) is 2. The largest absolute Gasteiger partial charge is 0.464 e. The topological polar surface area (TPSA) is 174 Å². The van der Waals surface area contributed by atoms with Crippen LogP contribution in [0.2, 0.25) is 0 Å². The minimum atomic E-state index is -1.06. The number of hydrazine groups is 1. The predicted octanol–water partition coefficient (Wildman–Crippen LogP) is 6.99. The van der Waals surface area contributed by atoms with E-state index in [0.717, 1.165) is 88.0 Å². The molecule has 7 heterocycles. The van der Waals surface area contributed by atoms with E-state index in [1.807, 2.05) is 32.2 Å². The number of carbonyl (C=O) groups excluding carboxylic acids is 5. The number of hydrogen-bond acceptors (Lipinski definition) is 12. The summed E-state index contributed by atoms with van der Waals surface area (Å²) in [7, 11) is 3.37. The van der Waals surface area contributed by atoms with Crippen molar-refractivity contribution in [2.75, 3.05) is 91.2 Å². The van der Waals surface area contributed by atoms with E-state index in [4.69, 9.17) is 19.2 Å². The highest BCUT2D eigenvalue weighted by Gasteiger charge is 2.44. The Balaban J connectivity index is 0.978. The molecule has 0 radical (unpaired) electrons. The molecule has 2 aromatic heterocycles. The first kappa shape index (κ1) is 56.9. The number of aryl methyl sites for hydroxylation is 1. The van der Waals surface area contributed by atoms with Gasteiger partial charge < -0.3 is 43.7 Å². The molecule has 18 heteroatoms. The van der Waals surface area contributed by atoms with Crippen LogP contribution in [0.5, 0.6) is 0 Å². The molecule has 1 spiro atoms. The number of hydrogen-bond donors (Lipinski definition) is 2. The van der Waals surface area contributed by atoms with Gasteiger partial charge in [0.2, 0.25) is 11.8 Å². The molecule has 0 unspecified atom stereocenters. The number of esters is 1. The van der Waals surface area contributed by atoms with Crippen LogP contribution in [0.1, 0.15) is 103 Å². The van der Waals surface area contributed by atoms with Gasteiger partial charge in [0.15, 0.2) is 0 Å². The minimum absolute atomic E-state index is 0.131. The lowest BCUT2D eigenvalue weighted by molar-refractivity contribution is -0.155. The first-order valence-corrected chi connectivity index (χ1v) is 29.3. The number of benzene rings is 2. The molecular formula is C62H84N10O8. The molecule has 6 aliphatic rings. The SMILES string of the molecule is C=CC(=O)N1CCOC2(CCN(C(=O)N(C)[C@H](C(=O)N[C@H]3Cc4cccc(c4)-c4ccc5c(c4)c(c(-c4cc(N6CCN(C7CC7)CC6)cnc4[C@H](C)OC)n5CC)CC(C)(C)COC(=O)[C@@H]4CCCN(N4)C3=O)C(C)C)CC2)C1. The fraction of sp³-hybridized carbons (Fsp3) is 0.581. The van der Waals surface area contributed by atoms with Gasteiger partial charge in [0, 0.05) is 107 Å². The second-order valence-corrected chi connectivity index (χ2v) is 24.4. The maximum absolute atomic E-state index is 15.0. The van der Waals surface area contributed by atoms with Crippen LogP contribution >= 0.6 is 0 Å². The van der Waals surface area contributed by atoms with E-state index in [-0.39, 0.29) is 37.0 Å². The van der Waals surface area contributed by atoms with Crippen molar-refractivity contribution in [1.82, 2.24) is 44.9 Å². The molecule has 1 aliphatic carbocycles. The summed E-state index contributed by atoms with van der Waals surface area (Å²) in [5.74, 6) is -1.75. The van der Waals surface area contributed by atoms with Crippen molar-refractivity contribution < 1.29 is 38.2 Å². The molecule has 6 bridgehead atoms. The van der Waals surface area contributed by atoms with Crippen LogP contribution in [0.15, 0.2) is 67.4 Å². The summed E-state index contributed by atoms with van der Waals surface area (Å²) < 4.78 is 21.0. The molecule has 4 aromatic rings. The number of likely N-dealkylation sites (N-methyl/N-ethyl adjacent to an activating group) is 1. The predicted molar refractivity (Wildman–Crippen MR) is 309 cm³/mol. The summed E-state index contributed by atoms with van der Waals surface area (Å²) in [5.41, 5.74) is 11.2. The van der Waals surface area contributed by atoms with Gasteiger partial charge in [0.05, 0.1) is 54.7 Å². The number of likely N-dealkylation sites (tertiary alicyclic amines) is 1. The maximum Gasteiger partial charge on any atom is 0.324 e. The average molecular weight is 1100 g/mol. The number of morpholine rings is 1. The number of anilines is 1. The molecule has 2 N–H and O–H groups in total. The molecule has 10 rings (SSSR count). The highest BCUT2D eigenvalue weighted by molar-refractivity contribution is 5.96. The zero-order valence-electron chi connectivity index (χ0n) is 48.4. The molecule has 2 aromatic carbocycles. The molecule has 4 saturated heterocycles. The van der Waals surface area contributed by atoms with Gasteiger partial charge in [-0.15, -0.1) is 0 Å². The summed E-state index contributed by atoms with van der Waals surface area (Å²) in [6.07, 6.45) is 8.46. The second kappa shape index (κ2) is 23.6. The Morgan fingerprint density at radius 1 is 0.950 bits per heavy atom. The maximum atomic E-state index is 15.0. The Morgan fingerprint density at radius 3 is 2.40 bits per heavy atom. The van der Waals surface area contributed by atoms with Crippen LogP contribution in [0.3, 0.4) is 0 Å². The lowest BCUT2D eigenvalue weighted by Gasteiger charge is -2.47. The van der Waals surface area contributed by atoms with Crippen LogP contribution < -0.4 is 15.6 Å². The molecule has 5 amide bonds. The number of pyridine rings is 1. The Kier molecular flexibility index (Phi) is 16.8. The Labute approximate surface area is 472 Å². The molecular weight excluding hydrogens is 1010 g/mol. The van der Waals surface area contributed by atoms with E-state index in [1.54, 1.807) is 24.0 Å². The molecule has 4 atom stereocenters.